The van der Waals surface area contributed by atoms with E-state index < -0.39 is 0 Å². The first-order valence-electron chi connectivity index (χ1n) is 6.08. The van der Waals surface area contributed by atoms with E-state index in [1.165, 1.54) is 12.8 Å². The van der Waals surface area contributed by atoms with E-state index in [1.807, 2.05) is 6.07 Å². The molecule has 92 valence electrons. The van der Waals surface area contributed by atoms with Crippen molar-refractivity contribution in [1.82, 2.24) is 0 Å². The molecule has 0 heterocycles. The van der Waals surface area contributed by atoms with Crippen molar-refractivity contribution in [2.75, 3.05) is 5.32 Å². The molecule has 0 spiro atoms. The van der Waals surface area contributed by atoms with Gasteiger partial charge in [0.05, 0.1) is 4.92 Å². The first-order chi connectivity index (χ1) is 8.06. The fourth-order valence-corrected chi connectivity index (χ4v) is 2.09. The summed E-state index contributed by atoms with van der Waals surface area (Å²) in [6.07, 6.45) is 3.82. The topological polar surface area (TPSA) is 55.2 Å². The second kappa shape index (κ2) is 4.73. The minimum Gasteiger partial charge on any atom is -0.382 e. The summed E-state index contributed by atoms with van der Waals surface area (Å²) in [7, 11) is 0. The Kier molecular flexibility index (Phi) is 3.31. The predicted molar refractivity (Wildman–Crippen MR) is 68.3 cm³/mol. The van der Waals surface area contributed by atoms with Crippen molar-refractivity contribution < 1.29 is 4.92 Å². The van der Waals surface area contributed by atoms with Gasteiger partial charge in [-0.15, -0.1) is 0 Å². The lowest BCUT2D eigenvalue weighted by Crippen LogP contribution is -2.15. The number of hydrogen-bond donors (Lipinski definition) is 1. The zero-order valence-electron chi connectivity index (χ0n) is 10.3. The Labute approximate surface area is 101 Å². The average Bonchev–Trinajstić information content (AvgIpc) is 3.04. The fourth-order valence-electron chi connectivity index (χ4n) is 2.09. The first kappa shape index (κ1) is 11.9. The molecule has 1 atom stereocenters. The molecule has 2 rings (SSSR count). The van der Waals surface area contributed by atoms with Gasteiger partial charge in [0, 0.05) is 23.4 Å². The molecule has 0 aromatic heterocycles. The molecule has 4 nitrogen and oxygen atoms in total. The highest BCUT2D eigenvalue weighted by molar-refractivity contribution is 5.55. The van der Waals surface area contributed by atoms with E-state index in [4.69, 9.17) is 0 Å². The van der Waals surface area contributed by atoms with Crippen LogP contribution in [0.1, 0.15) is 31.7 Å². The lowest BCUT2D eigenvalue weighted by molar-refractivity contribution is -0.385. The van der Waals surface area contributed by atoms with Crippen LogP contribution in [0.25, 0.3) is 0 Å². The van der Waals surface area contributed by atoms with Gasteiger partial charge in [-0.05, 0) is 32.3 Å². The van der Waals surface area contributed by atoms with Crippen LogP contribution in [-0.2, 0) is 0 Å². The zero-order valence-corrected chi connectivity index (χ0v) is 10.3. The summed E-state index contributed by atoms with van der Waals surface area (Å²) in [4.78, 5) is 10.5. The maximum absolute atomic E-state index is 10.8. The summed E-state index contributed by atoms with van der Waals surface area (Å²) in [5, 5.41) is 14.2. The molecule has 1 aromatic carbocycles. The van der Waals surface area contributed by atoms with Crippen LogP contribution < -0.4 is 5.32 Å². The SMILES string of the molecule is Cc1ccc(NC(C)CC2CC2)cc1[N+](=O)[O-]. The van der Waals surface area contributed by atoms with Crippen molar-refractivity contribution in [3.8, 4) is 0 Å². The van der Waals surface area contributed by atoms with E-state index in [0.29, 0.717) is 11.6 Å². The number of hydrogen-bond acceptors (Lipinski definition) is 3. The Morgan fingerprint density at radius 3 is 2.82 bits per heavy atom. The molecular formula is C13H18N2O2. The van der Waals surface area contributed by atoms with Gasteiger partial charge in [-0.3, -0.25) is 10.1 Å². The maximum Gasteiger partial charge on any atom is 0.274 e. The fraction of sp³-hybridized carbons (Fsp3) is 0.538. The normalized spacial score (nSPS) is 16.6. The Hall–Kier alpha value is -1.58. The molecule has 1 aliphatic rings. The van der Waals surface area contributed by atoms with Gasteiger partial charge in [0.1, 0.15) is 0 Å². The Bertz CT molecular complexity index is 427. The monoisotopic (exact) mass is 234 g/mol. The predicted octanol–water partition coefficient (Wildman–Crippen LogP) is 3.50. The van der Waals surface area contributed by atoms with Crippen molar-refractivity contribution in [3.63, 3.8) is 0 Å². The van der Waals surface area contributed by atoms with Gasteiger partial charge in [-0.1, -0.05) is 18.9 Å². The molecule has 0 bridgehead atoms. The Balaban J connectivity index is 2.04. The van der Waals surface area contributed by atoms with E-state index in [9.17, 15) is 10.1 Å². The smallest absolute Gasteiger partial charge is 0.274 e. The average molecular weight is 234 g/mol. The number of benzene rings is 1. The van der Waals surface area contributed by atoms with Crippen molar-refractivity contribution in [3.05, 3.63) is 33.9 Å². The van der Waals surface area contributed by atoms with E-state index in [0.717, 1.165) is 18.0 Å². The zero-order chi connectivity index (χ0) is 12.4. The molecule has 0 radical (unpaired) electrons. The highest BCUT2D eigenvalue weighted by atomic mass is 16.6. The number of nitrogens with zero attached hydrogens (tertiary/aromatic N) is 1. The molecule has 0 saturated heterocycles. The molecule has 0 aliphatic heterocycles. The van der Waals surface area contributed by atoms with Crippen LogP contribution in [0.2, 0.25) is 0 Å². The second-order valence-electron chi connectivity index (χ2n) is 4.98. The van der Waals surface area contributed by atoms with E-state index in [1.54, 1.807) is 19.1 Å². The van der Waals surface area contributed by atoms with Gasteiger partial charge in [-0.2, -0.15) is 0 Å². The summed E-state index contributed by atoms with van der Waals surface area (Å²) in [5.74, 6) is 0.859. The summed E-state index contributed by atoms with van der Waals surface area (Å²) in [6, 6.07) is 5.71. The first-order valence-corrected chi connectivity index (χ1v) is 6.08. The molecule has 17 heavy (non-hydrogen) atoms. The number of nitro groups is 1. The summed E-state index contributed by atoms with van der Waals surface area (Å²) < 4.78 is 0. The molecular weight excluding hydrogens is 216 g/mol. The molecule has 1 N–H and O–H groups in total. The van der Waals surface area contributed by atoms with Crippen LogP contribution in [-0.4, -0.2) is 11.0 Å². The molecule has 4 heteroatoms. The Morgan fingerprint density at radius 1 is 1.53 bits per heavy atom. The highest BCUT2D eigenvalue weighted by Crippen LogP contribution is 2.34. The van der Waals surface area contributed by atoms with Gasteiger partial charge >= 0.3 is 0 Å². The van der Waals surface area contributed by atoms with Gasteiger partial charge in [0.15, 0.2) is 0 Å². The van der Waals surface area contributed by atoms with E-state index >= 15 is 0 Å². The van der Waals surface area contributed by atoms with Crippen LogP contribution in [0, 0.1) is 23.0 Å². The third-order valence-electron chi connectivity index (χ3n) is 3.20. The van der Waals surface area contributed by atoms with Crippen LogP contribution in [0.3, 0.4) is 0 Å². The van der Waals surface area contributed by atoms with Gasteiger partial charge < -0.3 is 5.32 Å². The van der Waals surface area contributed by atoms with Crippen molar-refractivity contribution in [1.29, 1.82) is 0 Å². The van der Waals surface area contributed by atoms with Crippen molar-refractivity contribution >= 4 is 11.4 Å². The van der Waals surface area contributed by atoms with E-state index in [-0.39, 0.29) is 10.6 Å². The maximum atomic E-state index is 10.8. The molecule has 1 unspecified atom stereocenters. The molecule has 1 aromatic rings. The summed E-state index contributed by atoms with van der Waals surface area (Å²) in [5.41, 5.74) is 1.74. The third-order valence-corrected chi connectivity index (χ3v) is 3.20. The Morgan fingerprint density at radius 2 is 2.24 bits per heavy atom. The molecule has 1 saturated carbocycles. The van der Waals surface area contributed by atoms with Gasteiger partial charge in [0.2, 0.25) is 0 Å². The summed E-state index contributed by atoms with van der Waals surface area (Å²) >= 11 is 0. The molecule has 1 fully saturated rings. The molecule has 0 amide bonds. The second-order valence-corrected chi connectivity index (χ2v) is 4.98. The number of nitro benzene ring substituents is 1. The lowest BCUT2D eigenvalue weighted by atomic mass is 10.1. The standard InChI is InChI=1S/C13H18N2O2/c1-9-3-6-12(8-13(9)15(16)17)14-10(2)7-11-4-5-11/h3,6,8,10-11,14H,4-5,7H2,1-2H3. The van der Waals surface area contributed by atoms with Gasteiger partial charge in [-0.25, -0.2) is 0 Å². The van der Waals surface area contributed by atoms with Crippen LogP contribution in [0.5, 0.6) is 0 Å². The number of anilines is 1. The minimum atomic E-state index is -0.327. The largest absolute Gasteiger partial charge is 0.382 e. The van der Waals surface area contributed by atoms with Crippen molar-refractivity contribution in [2.24, 2.45) is 5.92 Å². The number of rotatable bonds is 5. The number of aryl methyl sites for hydroxylation is 1. The lowest BCUT2D eigenvalue weighted by Gasteiger charge is -2.14. The molecule has 1 aliphatic carbocycles. The van der Waals surface area contributed by atoms with Crippen molar-refractivity contribution in [2.45, 2.75) is 39.2 Å². The quantitative estimate of drug-likeness (QED) is 0.626. The minimum absolute atomic E-state index is 0.189. The number of nitrogens with one attached hydrogen (secondary N) is 1. The van der Waals surface area contributed by atoms with Crippen LogP contribution in [0.4, 0.5) is 11.4 Å². The van der Waals surface area contributed by atoms with Crippen LogP contribution in [0.15, 0.2) is 18.2 Å². The third kappa shape index (κ3) is 3.19. The van der Waals surface area contributed by atoms with Gasteiger partial charge in [0.25, 0.3) is 5.69 Å². The highest BCUT2D eigenvalue weighted by Gasteiger charge is 2.23. The summed E-state index contributed by atoms with van der Waals surface area (Å²) in [6.45, 7) is 3.89. The van der Waals surface area contributed by atoms with Crippen LogP contribution >= 0.6 is 0 Å². The van der Waals surface area contributed by atoms with E-state index in [2.05, 4.69) is 12.2 Å².